The average Bonchev–Trinajstić information content (AvgIpc) is 2.99. The molecule has 0 radical (unpaired) electrons. The van der Waals surface area contributed by atoms with Crippen molar-refractivity contribution in [1.29, 1.82) is 0 Å². The molecule has 1 amide bonds. The van der Waals surface area contributed by atoms with E-state index in [9.17, 15) is 4.79 Å². The van der Waals surface area contributed by atoms with Gasteiger partial charge >= 0.3 is 6.09 Å². The molecule has 5 nitrogen and oxygen atoms in total. The summed E-state index contributed by atoms with van der Waals surface area (Å²) in [5.41, 5.74) is 0. The molecule has 2 rings (SSSR count). The van der Waals surface area contributed by atoms with Gasteiger partial charge in [-0.15, -0.1) is 0 Å². The predicted molar refractivity (Wildman–Crippen MR) is 82.2 cm³/mol. The lowest BCUT2D eigenvalue weighted by Gasteiger charge is -2.29. The fraction of sp³-hybridized carbons (Fsp3) is 0.750. The van der Waals surface area contributed by atoms with Gasteiger partial charge in [0.1, 0.15) is 0 Å². The fourth-order valence-electron chi connectivity index (χ4n) is 3.26. The molecule has 0 aromatic carbocycles. The van der Waals surface area contributed by atoms with Crippen LogP contribution in [0.1, 0.15) is 44.9 Å². The molecule has 0 unspecified atom stereocenters. The van der Waals surface area contributed by atoms with Gasteiger partial charge in [-0.05, 0) is 31.1 Å². The van der Waals surface area contributed by atoms with Crippen molar-refractivity contribution >= 4 is 6.09 Å². The Hall–Kier alpha value is -1.52. The maximum absolute atomic E-state index is 10.8. The summed E-state index contributed by atoms with van der Waals surface area (Å²) in [6, 6.07) is 0. The number of aromatic nitrogens is 2. The minimum Gasteiger partial charge on any atom is -0.465 e. The van der Waals surface area contributed by atoms with Crippen LogP contribution in [-0.4, -0.2) is 39.2 Å². The van der Waals surface area contributed by atoms with Crippen LogP contribution in [-0.2, 0) is 6.54 Å². The van der Waals surface area contributed by atoms with Gasteiger partial charge in [-0.3, -0.25) is 0 Å². The Kier molecular flexibility index (Phi) is 6.08. The summed E-state index contributed by atoms with van der Waals surface area (Å²) < 4.78 is 2.15. The molecule has 0 bridgehead atoms. The highest BCUT2D eigenvalue weighted by Crippen LogP contribution is 2.33. The van der Waals surface area contributed by atoms with E-state index in [0.29, 0.717) is 6.54 Å². The number of nitrogens with zero attached hydrogens (tertiary/aromatic N) is 3. The molecule has 5 heteroatoms. The average molecular weight is 293 g/mol. The van der Waals surface area contributed by atoms with Crippen molar-refractivity contribution in [3.05, 3.63) is 18.7 Å². The van der Waals surface area contributed by atoms with E-state index in [1.54, 1.807) is 7.05 Å². The Balaban J connectivity index is 1.56. The monoisotopic (exact) mass is 293 g/mol. The van der Waals surface area contributed by atoms with Crippen LogP contribution in [0.5, 0.6) is 0 Å². The van der Waals surface area contributed by atoms with Crippen LogP contribution >= 0.6 is 0 Å². The fourth-order valence-corrected chi connectivity index (χ4v) is 3.26. The Bertz CT molecular complexity index is 411. The highest BCUT2D eigenvalue weighted by atomic mass is 16.4. The number of amides is 1. The molecular formula is C16H27N3O2. The van der Waals surface area contributed by atoms with E-state index >= 15 is 0 Å². The second-order valence-electron chi connectivity index (χ2n) is 6.32. The first-order chi connectivity index (χ1) is 10.1. The first kappa shape index (κ1) is 15.9. The van der Waals surface area contributed by atoms with Gasteiger partial charge in [-0.2, -0.15) is 0 Å². The summed E-state index contributed by atoms with van der Waals surface area (Å²) >= 11 is 0. The molecule has 0 atom stereocenters. The number of hydrogen-bond acceptors (Lipinski definition) is 2. The summed E-state index contributed by atoms with van der Waals surface area (Å²) in [6.45, 7) is 1.74. The zero-order chi connectivity index (χ0) is 15.1. The minimum atomic E-state index is -0.816. The summed E-state index contributed by atoms with van der Waals surface area (Å²) in [5, 5.41) is 8.85. The van der Waals surface area contributed by atoms with Crippen molar-refractivity contribution in [3.63, 3.8) is 0 Å². The maximum Gasteiger partial charge on any atom is 0.407 e. The van der Waals surface area contributed by atoms with E-state index < -0.39 is 6.09 Å². The molecule has 1 N–H and O–H groups in total. The molecular weight excluding hydrogens is 266 g/mol. The van der Waals surface area contributed by atoms with Gasteiger partial charge in [0.15, 0.2) is 0 Å². The summed E-state index contributed by atoms with van der Waals surface area (Å²) in [6.07, 6.45) is 13.6. The highest BCUT2D eigenvalue weighted by Gasteiger charge is 2.21. The Morgan fingerprint density at radius 2 is 1.95 bits per heavy atom. The van der Waals surface area contributed by atoms with Crippen LogP contribution in [0.15, 0.2) is 18.7 Å². The SMILES string of the molecule is CN(CCC1CCC(CCCn2ccnc2)CC1)C(=O)O. The van der Waals surface area contributed by atoms with Crippen molar-refractivity contribution in [2.45, 2.75) is 51.5 Å². The number of aryl methyl sites for hydroxylation is 1. The molecule has 0 saturated heterocycles. The first-order valence-electron chi connectivity index (χ1n) is 8.05. The third kappa shape index (κ3) is 5.40. The zero-order valence-electron chi connectivity index (χ0n) is 12.9. The van der Waals surface area contributed by atoms with E-state index in [0.717, 1.165) is 24.8 Å². The number of rotatable bonds is 7. The van der Waals surface area contributed by atoms with Crippen LogP contribution < -0.4 is 0 Å². The van der Waals surface area contributed by atoms with Crippen LogP contribution in [0, 0.1) is 11.8 Å². The summed E-state index contributed by atoms with van der Waals surface area (Å²) in [7, 11) is 1.66. The maximum atomic E-state index is 10.8. The normalized spacial score (nSPS) is 22.1. The van der Waals surface area contributed by atoms with Gasteiger partial charge in [-0.1, -0.05) is 25.7 Å². The van der Waals surface area contributed by atoms with Crippen molar-refractivity contribution in [2.24, 2.45) is 11.8 Å². The molecule has 1 saturated carbocycles. The summed E-state index contributed by atoms with van der Waals surface area (Å²) in [5.74, 6) is 1.58. The molecule has 1 fully saturated rings. The number of carboxylic acid groups (broad SMARTS) is 1. The van der Waals surface area contributed by atoms with Gasteiger partial charge in [0, 0.05) is 32.5 Å². The van der Waals surface area contributed by atoms with E-state index in [1.807, 2.05) is 18.7 Å². The van der Waals surface area contributed by atoms with Crippen molar-refractivity contribution in [1.82, 2.24) is 14.5 Å². The highest BCUT2D eigenvalue weighted by molar-refractivity contribution is 5.64. The van der Waals surface area contributed by atoms with Gasteiger partial charge in [0.05, 0.1) is 6.33 Å². The van der Waals surface area contributed by atoms with Gasteiger partial charge < -0.3 is 14.6 Å². The number of imidazole rings is 1. The topological polar surface area (TPSA) is 58.4 Å². The Labute approximate surface area is 127 Å². The third-order valence-electron chi connectivity index (χ3n) is 4.75. The molecule has 1 aliphatic carbocycles. The molecule has 1 aliphatic rings. The first-order valence-corrected chi connectivity index (χ1v) is 8.05. The second kappa shape index (κ2) is 8.05. The standard InChI is InChI=1S/C16H27N3O2/c1-18(16(20)21)11-8-15-6-4-14(5-7-15)3-2-10-19-12-9-17-13-19/h9,12-15H,2-8,10-11H2,1H3,(H,20,21). The third-order valence-corrected chi connectivity index (χ3v) is 4.75. The zero-order valence-corrected chi connectivity index (χ0v) is 12.9. The lowest BCUT2D eigenvalue weighted by Crippen LogP contribution is -2.28. The Morgan fingerprint density at radius 1 is 1.29 bits per heavy atom. The van der Waals surface area contributed by atoms with Crippen LogP contribution in [0.25, 0.3) is 0 Å². The van der Waals surface area contributed by atoms with E-state index in [4.69, 9.17) is 5.11 Å². The van der Waals surface area contributed by atoms with Gasteiger partial charge in [0.2, 0.25) is 0 Å². The second-order valence-corrected chi connectivity index (χ2v) is 6.32. The smallest absolute Gasteiger partial charge is 0.407 e. The van der Waals surface area contributed by atoms with E-state index in [2.05, 4.69) is 9.55 Å². The molecule has 1 aromatic heterocycles. The van der Waals surface area contributed by atoms with E-state index in [1.165, 1.54) is 43.4 Å². The lowest BCUT2D eigenvalue weighted by atomic mass is 9.79. The lowest BCUT2D eigenvalue weighted by molar-refractivity contribution is 0.149. The minimum absolute atomic E-state index is 0.672. The molecule has 21 heavy (non-hydrogen) atoms. The number of hydrogen-bond donors (Lipinski definition) is 1. The van der Waals surface area contributed by atoms with Crippen molar-refractivity contribution in [2.75, 3.05) is 13.6 Å². The molecule has 0 spiro atoms. The van der Waals surface area contributed by atoms with Gasteiger partial charge in [-0.25, -0.2) is 9.78 Å². The largest absolute Gasteiger partial charge is 0.465 e. The molecule has 1 heterocycles. The quantitative estimate of drug-likeness (QED) is 0.837. The van der Waals surface area contributed by atoms with Crippen molar-refractivity contribution < 1.29 is 9.90 Å². The van der Waals surface area contributed by atoms with Crippen LogP contribution in [0.4, 0.5) is 4.79 Å². The summed E-state index contributed by atoms with van der Waals surface area (Å²) in [4.78, 5) is 16.2. The van der Waals surface area contributed by atoms with Crippen LogP contribution in [0.2, 0.25) is 0 Å². The molecule has 118 valence electrons. The van der Waals surface area contributed by atoms with Crippen LogP contribution in [0.3, 0.4) is 0 Å². The van der Waals surface area contributed by atoms with Crippen molar-refractivity contribution in [3.8, 4) is 0 Å². The Morgan fingerprint density at radius 3 is 2.52 bits per heavy atom. The molecule has 0 aliphatic heterocycles. The van der Waals surface area contributed by atoms with E-state index in [-0.39, 0.29) is 0 Å². The molecule has 1 aromatic rings. The predicted octanol–water partition coefficient (Wildman–Crippen LogP) is 3.47. The van der Waals surface area contributed by atoms with Gasteiger partial charge in [0.25, 0.3) is 0 Å². The number of carbonyl (C=O) groups is 1.